The van der Waals surface area contributed by atoms with E-state index in [2.05, 4.69) is 11.8 Å². The average Bonchev–Trinajstić information content (AvgIpc) is 2.78. The standard InChI is InChI=1S/C14H17NO5S/c1-10-7-12(5-4-11(10)3-2-6-16)21(19,20)15-8-13(17)14(18)9-15/h4-5,7,13-14,16-18H,6,8-9H2,1H3. The van der Waals surface area contributed by atoms with Gasteiger partial charge in [-0.25, -0.2) is 8.42 Å². The summed E-state index contributed by atoms with van der Waals surface area (Å²) in [4.78, 5) is 0.0934. The van der Waals surface area contributed by atoms with E-state index in [4.69, 9.17) is 5.11 Å². The van der Waals surface area contributed by atoms with Gasteiger partial charge in [-0.15, -0.1) is 0 Å². The van der Waals surface area contributed by atoms with E-state index in [1.807, 2.05) is 0 Å². The van der Waals surface area contributed by atoms with Gasteiger partial charge in [0.2, 0.25) is 10.0 Å². The zero-order chi connectivity index (χ0) is 15.6. The molecule has 21 heavy (non-hydrogen) atoms. The fourth-order valence-electron chi connectivity index (χ4n) is 2.15. The summed E-state index contributed by atoms with van der Waals surface area (Å²) < 4.78 is 25.9. The van der Waals surface area contributed by atoms with Gasteiger partial charge < -0.3 is 15.3 Å². The number of hydrogen-bond acceptors (Lipinski definition) is 5. The first-order valence-corrected chi connectivity index (χ1v) is 7.87. The zero-order valence-corrected chi connectivity index (χ0v) is 12.3. The molecule has 0 aliphatic carbocycles. The highest BCUT2D eigenvalue weighted by molar-refractivity contribution is 7.89. The molecule has 1 aliphatic rings. The number of rotatable bonds is 2. The summed E-state index contributed by atoms with van der Waals surface area (Å²) in [6.07, 6.45) is -2.12. The molecular formula is C14H17NO5S. The van der Waals surface area contributed by atoms with E-state index in [9.17, 15) is 18.6 Å². The number of aliphatic hydroxyl groups excluding tert-OH is 3. The van der Waals surface area contributed by atoms with Gasteiger partial charge in [0.25, 0.3) is 0 Å². The normalized spacial score (nSPS) is 22.9. The monoisotopic (exact) mass is 311 g/mol. The van der Waals surface area contributed by atoms with Crippen LogP contribution in [-0.4, -0.2) is 59.9 Å². The Morgan fingerprint density at radius 1 is 1.29 bits per heavy atom. The van der Waals surface area contributed by atoms with E-state index in [0.29, 0.717) is 11.1 Å². The number of sulfonamides is 1. The molecule has 0 amide bonds. The van der Waals surface area contributed by atoms with Crippen molar-refractivity contribution in [2.24, 2.45) is 0 Å². The number of aryl methyl sites for hydroxylation is 1. The maximum absolute atomic E-state index is 12.4. The number of β-amino-alcohol motifs (C(OH)–C–C–N with tert-alkyl or cyclic N) is 2. The van der Waals surface area contributed by atoms with Crippen molar-refractivity contribution >= 4 is 10.0 Å². The van der Waals surface area contributed by atoms with Crippen LogP contribution < -0.4 is 0 Å². The third kappa shape index (κ3) is 3.26. The van der Waals surface area contributed by atoms with Crippen LogP contribution in [0.3, 0.4) is 0 Å². The largest absolute Gasteiger partial charge is 0.389 e. The van der Waals surface area contributed by atoms with E-state index in [1.54, 1.807) is 13.0 Å². The predicted octanol–water partition coefficient (Wildman–Crippen LogP) is -0.935. The van der Waals surface area contributed by atoms with Crippen molar-refractivity contribution < 1.29 is 23.7 Å². The smallest absolute Gasteiger partial charge is 0.243 e. The highest BCUT2D eigenvalue weighted by Gasteiger charge is 2.37. The Morgan fingerprint density at radius 3 is 2.43 bits per heavy atom. The molecule has 0 bridgehead atoms. The molecule has 3 N–H and O–H groups in total. The number of nitrogens with zero attached hydrogens (tertiary/aromatic N) is 1. The van der Waals surface area contributed by atoms with Gasteiger partial charge in [-0.1, -0.05) is 11.8 Å². The maximum Gasteiger partial charge on any atom is 0.243 e. The van der Waals surface area contributed by atoms with Crippen molar-refractivity contribution in [3.05, 3.63) is 29.3 Å². The lowest BCUT2D eigenvalue weighted by molar-refractivity contribution is 0.0572. The van der Waals surface area contributed by atoms with Gasteiger partial charge in [-0.2, -0.15) is 4.31 Å². The molecule has 114 valence electrons. The predicted molar refractivity (Wildman–Crippen MR) is 75.9 cm³/mol. The molecule has 6 nitrogen and oxygen atoms in total. The van der Waals surface area contributed by atoms with Gasteiger partial charge in [-0.3, -0.25) is 0 Å². The SMILES string of the molecule is Cc1cc(S(=O)(=O)N2CC(O)C(O)C2)ccc1C#CCO. The zero-order valence-electron chi connectivity index (χ0n) is 11.5. The van der Waals surface area contributed by atoms with Crippen molar-refractivity contribution in [2.75, 3.05) is 19.7 Å². The molecule has 7 heteroatoms. The Hall–Kier alpha value is -1.43. The minimum absolute atomic E-state index is 0.0934. The van der Waals surface area contributed by atoms with Crippen molar-refractivity contribution in [1.29, 1.82) is 0 Å². The molecular weight excluding hydrogens is 294 g/mol. The van der Waals surface area contributed by atoms with Crippen molar-refractivity contribution in [3.63, 3.8) is 0 Å². The summed E-state index contributed by atoms with van der Waals surface area (Å²) in [7, 11) is -3.75. The molecule has 1 heterocycles. The first-order valence-electron chi connectivity index (χ1n) is 6.43. The number of aliphatic hydroxyl groups is 3. The first-order chi connectivity index (χ1) is 9.86. The summed E-state index contributed by atoms with van der Waals surface area (Å²) in [5.41, 5.74) is 1.32. The third-order valence-electron chi connectivity index (χ3n) is 3.36. The second-order valence-corrected chi connectivity index (χ2v) is 6.83. The molecule has 2 rings (SSSR count). The molecule has 1 fully saturated rings. The van der Waals surface area contributed by atoms with E-state index >= 15 is 0 Å². The lowest BCUT2D eigenvalue weighted by Gasteiger charge is -2.16. The second-order valence-electron chi connectivity index (χ2n) is 4.89. The summed E-state index contributed by atoms with van der Waals surface area (Å²) in [6, 6.07) is 4.50. The van der Waals surface area contributed by atoms with Crippen LogP contribution in [0.25, 0.3) is 0 Å². The lowest BCUT2D eigenvalue weighted by Crippen LogP contribution is -2.30. The second kappa shape index (κ2) is 6.13. The van der Waals surface area contributed by atoms with E-state index in [0.717, 1.165) is 4.31 Å². The molecule has 2 unspecified atom stereocenters. The Bertz CT molecular complexity index is 679. The molecule has 0 saturated carbocycles. The van der Waals surface area contributed by atoms with Crippen molar-refractivity contribution in [3.8, 4) is 11.8 Å². The molecule has 1 saturated heterocycles. The molecule has 1 aromatic rings. The van der Waals surface area contributed by atoms with Gasteiger partial charge in [0.15, 0.2) is 0 Å². The van der Waals surface area contributed by atoms with Crippen molar-refractivity contribution in [2.45, 2.75) is 24.0 Å². The van der Waals surface area contributed by atoms with Gasteiger partial charge in [0.1, 0.15) is 6.61 Å². The number of hydrogen-bond donors (Lipinski definition) is 3. The molecule has 0 aromatic heterocycles. The fraction of sp³-hybridized carbons (Fsp3) is 0.429. The average molecular weight is 311 g/mol. The Labute approximate surface area is 123 Å². The Morgan fingerprint density at radius 2 is 1.90 bits per heavy atom. The third-order valence-corrected chi connectivity index (χ3v) is 5.19. The fourth-order valence-corrected chi connectivity index (χ4v) is 3.71. The van der Waals surface area contributed by atoms with Crippen LogP contribution in [0.5, 0.6) is 0 Å². The molecule has 0 spiro atoms. The summed E-state index contributed by atoms with van der Waals surface area (Å²) >= 11 is 0. The lowest BCUT2D eigenvalue weighted by atomic mass is 10.1. The topological polar surface area (TPSA) is 98.1 Å². The van der Waals surface area contributed by atoms with Crippen LogP contribution in [0.15, 0.2) is 23.1 Å². The van der Waals surface area contributed by atoms with Gasteiger partial charge in [-0.05, 0) is 30.7 Å². The van der Waals surface area contributed by atoms with E-state index in [1.165, 1.54) is 12.1 Å². The molecule has 1 aliphatic heterocycles. The van der Waals surface area contributed by atoms with Crippen LogP contribution in [0, 0.1) is 18.8 Å². The summed E-state index contributed by atoms with van der Waals surface area (Å²) in [5.74, 6) is 5.25. The quantitative estimate of drug-likeness (QED) is 0.613. The minimum Gasteiger partial charge on any atom is -0.389 e. The highest BCUT2D eigenvalue weighted by atomic mass is 32.2. The van der Waals surface area contributed by atoms with Crippen molar-refractivity contribution in [1.82, 2.24) is 4.31 Å². The van der Waals surface area contributed by atoms with E-state index in [-0.39, 0.29) is 24.6 Å². The van der Waals surface area contributed by atoms with Crippen LogP contribution in [0.2, 0.25) is 0 Å². The Balaban J connectivity index is 2.31. The first kappa shape index (κ1) is 15.9. The molecule has 0 radical (unpaired) electrons. The Kier molecular flexibility index (Phi) is 4.66. The summed E-state index contributed by atoms with van der Waals surface area (Å²) in [6.45, 7) is 1.24. The van der Waals surface area contributed by atoms with Gasteiger partial charge in [0, 0.05) is 18.7 Å². The maximum atomic E-state index is 12.4. The molecule has 1 aromatic carbocycles. The van der Waals surface area contributed by atoms with Crippen LogP contribution in [-0.2, 0) is 10.0 Å². The highest BCUT2D eigenvalue weighted by Crippen LogP contribution is 2.23. The van der Waals surface area contributed by atoms with Crippen LogP contribution >= 0.6 is 0 Å². The number of benzene rings is 1. The van der Waals surface area contributed by atoms with Crippen LogP contribution in [0.1, 0.15) is 11.1 Å². The summed E-state index contributed by atoms with van der Waals surface area (Å²) in [5, 5.41) is 27.6. The van der Waals surface area contributed by atoms with Gasteiger partial charge in [0.05, 0.1) is 17.1 Å². The minimum atomic E-state index is -3.75. The molecule has 2 atom stereocenters. The van der Waals surface area contributed by atoms with Gasteiger partial charge >= 0.3 is 0 Å². The van der Waals surface area contributed by atoms with E-state index < -0.39 is 22.2 Å². The van der Waals surface area contributed by atoms with Crippen LogP contribution in [0.4, 0.5) is 0 Å².